The third-order valence-corrected chi connectivity index (χ3v) is 1.62. The monoisotopic (exact) mass is 164 g/mol. The number of nitrogens with two attached hydrogens (primary N) is 2. The largest absolute Gasteiger partial charge is 0.508 e. The molecule has 0 spiro atoms. The Hall–Kier alpha value is -1.91. The van der Waals surface area contributed by atoms with Crippen molar-refractivity contribution in [3.8, 4) is 5.75 Å². The smallest absolute Gasteiger partial charge is 0.198 e. The van der Waals surface area contributed by atoms with E-state index in [2.05, 4.69) is 9.97 Å². The van der Waals surface area contributed by atoms with Gasteiger partial charge in [0, 0.05) is 12.1 Å². The van der Waals surface area contributed by atoms with Gasteiger partial charge in [0.25, 0.3) is 0 Å². The van der Waals surface area contributed by atoms with Gasteiger partial charge in [0.15, 0.2) is 5.95 Å². The first kappa shape index (κ1) is 6.78. The number of aromatic nitrogens is 2. The number of nitrogens with one attached hydrogen (secondary N) is 1. The summed E-state index contributed by atoms with van der Waals surface area (Å²) in [6, 6.07) is 2.96. The summed E-state index contributed by atoms with van der Waals surface area (Å²) in [7, 11) is 0. The second-order valence-corrected chi connectivity index (χ2v) is 2.55. The van der Waals surface area contributed by atoms with Gasteiger partial charge >= 0.3 is 0 Å². The van der Waals surface area contributed by atoms with Crippen molar-refractivity contribution in [3.05, 3.63) is 12.1 Å². The maximum Gasteiger partial charge on any atom is 0.198 e. The van der Waals surface area contributed by atoms with Crippen LogP contribution in [0.1, 0.15) is 0 Å². The molecule has 0 amide bonds. The van der Waals surface area contributed by atoms with E-state index in [0.29, 0.717) is 22.7 Å². The van der Waals surface area contributed by atoms with Crippen molar-refractivity contribution >= 4 is 22.7 Å². The number of aromatic hydroxyl groups is 1. The van der Waals surface area contributed by atoms with Crippen LogP contribution in [0.2, 0.25) is 0 Å². The van der Waals surface area contributed by atoms with Gasteiger partial charge in [-0.05, 0) is 0 Å². The van der Waals surface area contributed by atoms with Crippen LogP contribution >= 0.6 is 0 Å². The molecule has 0 aliphatic rings. The third-order valence-electron chi connectivity index (χ3n) is 1.62. The summed E-state index contributed by atoms with van der Waals surface area (Å²) in [6.07, 6.45) is 0. The Kier molecular flexibility index (Phi) is 1.15. The second-order valence-electron chi connectivity index (χ2n) is 2.55. The van der Waals surface area contributed by atoms with Gasteiger partial charge in [0.2, 0.25) is 0 Å². The molecular weight excluding hydrogens is 156 g/mol. The van der Waals surface area contributed by atoms with Crippen LogP contribution in [0.3, 0.4) is 0 Å². The summed E-state index contributed by atoms with van der Waals surface area (Å²) in [5.74, 6) is 0.394. The molecule has 5 nitrogen and oxygen atoms in total. The first-order valence-corrected chi connectivity index (χ1v) is 3.40. The van der Waals surface area contributed by atoms with Crippen LogP contribution in [0, 0.1) is 0 Å². The molecule has 2 aromatic rings. The predicted molar refractivity (Wildman–Crippen MR) is 46.6 cm³/mol. The minimum absolute atomic E-state index is 0.101. The Labute approximate surface area is 68.0 Å². The molecule has 12 heavy (non-hydrogen) atoms. The fourth-order valence-corrected chi connectivity index (χ4v) is 1.15. The van der Waals surface area contributed by atoms with Gasteiger partial charge in [-0.2, -0.15) is 0 Å². The highest BCUT2D eigenvalue weighted by Gasteiger charge is 2.04. The van der Waals surface area contributed by atoms with E-state index < -0.39 is 0 Å². The fourth-order valence-electron chi connectivity index (χ4n) is 1.15. The average molecular weight is 164 g/mol. The normalized spacial score (nSPS) is 10.7. The Bertz CT molecular complexity index is 434. The number of phenolic OH excluding ortho intramolecular Hbond substituents is 1. The van der Waals surface area contributed by atoms with Crippen molar-refractivity contribution in [3.63, 3.8) is 0 Å². The molecular formula is C7H8N4O. The molecule has 1 heterocycles. The van der Waals surface area contributed by atoms with Gasteiger partial charge in [-0.3, -0.25) is 0 Å². The highest BCUT2D eigenvalue weighted by atomic mass is 16.3. The van der Waals surface area contributed by atoms with E-state index in [0.717, 1.165) is 0 Å². The quantitative estimate of drug-likeness (QED) is 0.424. The van der Waals surface area contributed by atoms with Crippen LogP contribution in [0.25, 0.3) is 11.0 Å². The van der Waals surface area contributed by atoms with E-state index >= 15 is 0 Å². The van der Waals surface area contributed by atoms with E-state index in [-0.39, 0.29) is 5.75 Å². The maximum absolute atomic E-state index is 9.15. The van der Waals surface area contributed by atoms with Crippen LogP contribution in [-0.4, -0.2) is 15.1 Å². The maximum atomic E-state index is 9.15. The van der Waals surface area contributed by atoms with E-state index in [9.17, 15) is 0 Å². The van der Waals surface area contributed by atoms with Crippen molar-refractivity contribution in [2.24, 2.45) is 0 Å². The van der Waals surface area contributed by atoms with Crippen LogP contribution in [0.4, 0.5) is 11.6 Å². The molecule has 0 aliphatic heterocycles. The summed E-state index contributed by atoms with van der Waals surface area (Å²) in [5, 5.41) is 9.15. The minimum Gasteiger partial charge on any atom is -0.508 e. The first-order valence-electron chi connectivity index (χ1n) is 3.40. The lowest BCUT2D eigenvalue weighted by atomic mass is 10.2. The molecule has 0 aliphatic carbocycles. The molecule has 62 valence electrons. The van der Waals surface area contributed by atoms with Crippen LogP contribution in [-0.2, 0) is 0 Å². The summed E-state index contributed by atoms with van der Waals surface area (Å²) in [4.78, 5) is 6.71. The van der Waals surface area contributed by atoms with Crippen molar-refractivity contribution in [1.29, 1.82) is 0 Å². The van der Waals surface area contributed by atoms with Gasteiger partial charge in [-0.1, -0.05) is 0 Å². The Morgan fingerprint density at radius 3 is 2.83 bits per heavy atom. The zero-order chi connectivity index (χ0) is 8.72. The molecule has 1 aromatic carbocycles. The SMILES string of the molecule is Nc1nc2c(N)cc(O)cc2[nH]1. The number of imidazole rings is 1. The van der Waals surface area contributed by atoms with Crippen molar-refractivity contribution < 1.29 is 5.11 Å². The molecule has 0 radical (unpaired) electrons. The molecule has 6 N–H and O–H groups in total. The second kappa shape index (κ2) is 2.04. The predicted octanol–water partition coefficient (Wildman–Crippen LogP) is 0.433. The molecule has 0 atom stereocenters. The molecule has 0 fully saturated rings. The lowest BCUT2D eigenvalue weighted by Gasteiger charge is -1.95. The van der Waals surface area contributed by atoms with Gasteiger partial charge in [-0.15, -0.1) is 0 Å². The molecule has 0 saturated heterocycles. The zero-order valence-electron chi connectivity index (χ0n) is 6.20. The average Bonchev–Trinajstić information content (AvgIpc) is 2.29. The number of nitrogen functional groups attached to an aromatic ring is 2. The molecule has 0 bridgehead atoms. The first-order chi connectivity index (χ1) is 5.66. The summed E-state index contributed by atoms with van der Waals surface area (Å²) in [6.45, 7) is 0. The third kappa shape index (κ3) is 0.833. The van der Waals surface area contributed by atoms with Gasteiger partial charge in [0.05, 0.1) is 11.2 Å². The lowest BCUT2D eigenvalue weighted by Crippen LogP contribution is -1.86. The van der Waals surface area contributed by atoms with E-state index in [1.165, 1.54) is 12.1 Å². The molecule has 1 aromatic heterocycles. The van der Waals surface area contributed by atoms with Crippen LogP contribution < -0.4 is 11.5 Å². The minimum atomic E-state index is 0.101. The summed E-state index contributed by atoms with van der Waals surface area (Å²) in [5.41, 5.74) is 12.6. The van der Waals surface area contributed by atoms with Crippen molar-refractivity contribution in [2.45, 2.75) is 0 Å². The Morgan fingerprint density at radius 2 is 2.08 bits per heavy atom. The number of H-pyrrole nitrogens is 1. The number of fused-ring (bicyclic) bond motifs is 1. The fraction of sp³-hybridized carbons (Fsp3) is 0. The molecule has 0 saturated carbocycles. The zero-order valence-corrected chi connectivity index (χ0v) is 6.20. The number of hydrogen-bond donors (Lipinski definition) is 4. The summed E-state index contributed by atoms with van der Waals surface area (Å²) < 4.78 is 0. The van der Waals surface area contributed by atoms with Gasteiger partial charge in [-0.25, -0.2) is 4.98 Å². The number of hydrogen-bond acceptors (Lipinski definition) is 4. The van der Waals surface area contributed by atoms with E-state index in [1.54, 1.807) is 0 Å². The Morgan fingerprint density at radius 1 is 1.33 bits per heavy atom. The lowest BCUT2D eigenvalue weighted by molar-refractivity contribution is 0.476. The number of phenols is 1. The number of anilines is 2. The van der Waals surface area contributed by atoms with Gasteiger partial charge < -0.3 is 21.6 Å². The van der Waals surface area contributed by atoms with E-state index in [1.807, 2.05) is 0 Å². The Balaban J connectivity index is 2.88. The molecule has 0 unspecified atom stereocenters. The molecule has 5 heteroatoms. The number of aromatic amines is 1. The standard InChI is InChI=1S/C7H8N4O/c8-4-1-3(12)2-5-6(4)11-7(9)10-5/h1-2,12H,8H2,(H3,9,10,11). The molecule has 2 rings (SSSR count). The number of benzene rings is 1. The highest BCUT2D eigenvalue weighted by Crippen LogP contribution is 2.24. The topological polar surface area (TPSA) is 101 Å². The van der Waals surface area contributed by atoms with Crippen molar-refractivity contribution in [2.75, 3.05) is 11.5 Å². The number of rotatable bonds is 0. The van der Waals surface area contributed by atoms with E-state index in [4.69, 9.17) is 16.6 Å². The highest BCUT2D eigenvalue weighted by molar-refractivity contribution is 5.89. The van der Waals surface area contributed by atoms with Crippen LogP contribution in [0.5, 0.6) is 5.75 Å². The van der Waals surface area contributed by atoms with Crippen molar-refractivity contribution in [1.82, 2.24) is 9.97 Å². The summed E-state index contributed by atoms with van der Waals surface area (Å²) >= 11 is 0. The van der Waals surface area contributed by atoms with Gasteiger partial charge in [0.1, 0.15) is 11.3 Å². The number of nitrogens with zero attached hydrogens (tertiary/aromatic N) is 1. The van der Waals surface area contributed by atoms with Crippen LogP contribution in [0.15, 0.2) is 12.1 Å².